The number of fused-ring (bicyclic) bond motifs is 1. The van der Waals surface area contributed by atoms with Gasteiger partial charge in [0.15, 0.2) is 0 Å². The minimum atomic E-state index is -0.868. The number of nitrogens with zero attached hydrogens (tertiary/aromatic N) is 7. The fraction of sp³-hybridized carbons (Fsp3) is 0.125. The van der Waals surface area contributed by atoms with Crippen LogP contribution >= 0.6 is 11.6 Å². The average Bonchev–Trinajstić information content (AvgIpc) is 3.57. The summed E-state index contributed by atoms with van der Waals surface area (Å²) in [4.78, 5) is 19.8. The van der Waals surface area contributed by atoms with E-state index < -0.39 is 29.9 Å². The molecule has 180 valence electrons. The maximum Gasteiger partial charge on any atom is 0.415 e. The normalized spacial score (nSPS) is 17.6. The lowest BCUT2D eigenvalue weighted by atomic mass is 9.99. The van der Waals surface area contributed by atoms with Gasteiger partial charge in [0.2, 0.25) is 5.82 Å². The highest BCUT2D eigenvalue weighted by Crippen LogP contribution is 2.39. The molecule has 1 aliphatic heterocycles. The minimum absolute atomic E-state index is 0.00104. The van der Waals surface area contributed by atoms with Crippen molar-refractivity contribution in [1.82, 2.24) is 29.6 Å². The number of anilines is 1. The number of halogens is 3. The Labute approximate surface area is 207 Å². The molecule has 1 fully saturated rings. The number of carbonyl (C=O) groups is 1. The number of cyclic esters (lactones) is 1. The third-order valence-corrected chi connectivity index (χ3v) is 6.11. The van der Waals surface area contributed by atoms with Crippen LogP contribution < -0.4 is 4.90 Å². The van der Waals surface area contributed by atoms with Crippen LogP contribution in [0.1, 0.15) is 11.6 Å². The van der Waals surface area contributed by atoms with Crippen molar-refractivity contribution < 1.29 is 18.3 Å². The molecule has 9 nitrogen and oxygen atoms in total. The Bertz CT molecular complexity index is 1570. The molecule has 0 radical (unpaired) electrons. The summed E-state index contributed by atoms with van der Waals surface area (Å²) >= 11 is 6.00. The lowest BCUT2D eigenvalue weighted by Crippen LogP contribution is -2.31. The van der Waals surface area contributed by atoms with Gasteiger partial charge in [-0.3, -0.25) is 4.90 Å². The molecule has 0 aliphatic carbocycles. The molecule has 4 heterocycles. The van der Waals surface area contributed by atoms with Crippen LogP contribution in [-0.4, -0.2) is 41.8 Å². The van der Waals surface area contributed by atoms with Crippen molar-refractivity contribution in [3.63, 3.8) is 0 Å². The SMILES string of the molecule is O=C1O[C@@H](Cn2nnc(-c3ccc4nccn4c3)n2)[C@H](c2cc(F)cc(F)c2)N1c1ccc(Cl)cc1. The lowest BCUT2D eigenvalue weighted by Gasteiger charge is -2.25. The molecule has 6 rings (SSSR count). The van der Waals surface area contributed by atoms with E-state index in [1.807, 2.05) is 22.7 Å². The highest BCUT2D eigenvalue weighted by molar-refractivity contribution is 6.30. The summed E-state index contributed by atoms with van der Waals surface area (Å²) in [7, 11) is 0. The van der Waals surface area contributed by atoms with Gasteiger partial charge < -0.3 is 9.14 Å². The molecular formula is C24H16ClF2N7O2. The summed E-state index contributed by atoms with van der Waals surface area (Å²) in [5.41, 5.74) is 2.17. The van der Waals surface area contributed by atoms with Crippen molar-refractivity contribution in [2.24, 2.45) is 0 Å². The largest absolute Gasteiger partial charge is 0.441 e. The van der Waals surface area contributed by atoms with Gasteiger partial charge in [-0.15, -0.1) is 10.2 Å². The van der Waals surface area contributed by atoms with E-state index >= 15 is 0 Å². The van der Waals surface area contributed by atoms with Gasteiger partial charge in [-0.1, -0.05) is 11.6 Å². The van der Waals surface area contributed by atoms with Crippen LogP contribution in [0.5, 0.6) is 0 Å². The number of imidazole rings is 1. The molecule has 36 heavy (non-hydrogen) atoms. The fourth-order valence-corrected chi connectivity index (χ4v) is 4.42. The standard InChI is InChI=1S/C24H16ClF2N7O2/c25-16-2-4-19(5-3-16)34-22(15-9-17(26)11-18(27)10-15)20(36-24(34)35)13-33-30-23(29-31-33)14-1-6-21-28-7-8-32(21)12-14/h1-12,20,22H,13H2/t20-,22-/m0/s1. The molecule has 0 spiro atoms. The first-order valence-corrected chi connectivity index (χ1v) is 11.2. The van der Waals surface area contributed by atoms with Gasteiger partial charge in [-0.05, 0) is 59.3 Å². The first-order chi connectivity index (χ1) is 17.4. The Balaban J connectivity index is 1.34. The van der Waals surface area contributed by atoms with Gasteiger partial charge in [-0.2, -0.15) is 4.80 Å². The first kappa shape index (κ1) is 22.1. The molecule has 5 aromatic rings. The molecule has 1 amide bonds. The highest BCUT2D eigenvalue weighted by atomic mass is 35.5. The average molecular weight is 508 g/mol. The number of benzene rings is 2. The second-order valence-electron chi connectivity index (χ2n) is 8.19. The Morgan fingerprint density at radius 1 is 1.03 bits per heavy atom. The topological polar surface area (TPSA) is 90.4 Å². The number of pyridine rings is 1. The number of hydrogen-bond acceptors (Lipinski definition) is 6. The van der Waals surface area contributed by atoms with E-state index in [9.17, 15) is 13.6 Å². The number of tetrazole rings is 1. The third-order valence-electron chi connectivity index (χ3n) is 5.85. The van der Waals surface area contributed by atoms with Crippen molar-refractivity contribution in [2.75, 3.05) is 4.90 Å². The zero-order valence-electron chi connectivity index (χ0n) is 18.4. The number of aromatic nitrogens is 6. The van der Waals surface area contributed by atoms with Crippen LogP contribution in [0.4, 0.5) is 19.3 Å². The van der Waals surface area contributed by atoms with Crippen LogP contribution in [0.25, 0.3) is 17.0 Å². The molecule has 3 aromatic heterocycles. The van der Waals surface area contributed by atoms with Crippen molar-refractivity contribution in [3.05, 3.63) is 95.4 Å². The van der Waals surface area contributed by atoms with E-state index in [4.69, 9.17) is 16.3 Å². The van der Waals surface area contributed by atoms with Gasteiger partial charge in [0.25, 0.3) is 0 Å². The molecule has 12 heteroatoms. The third kappa shape index (κ3) is 4.03. The quantitative estimate of drug-likeness (QED) is 0.343. The monoisotopic (exact) mass is 507 g/mol. The predicted octanol–water partition coefficient (Wildman–Crippen LogP) is 4.69. The van der Waals surface area contributed by atoms with E-state index in [1.54, 1.807) is 36.7 Å². The van der Waals surface area contributed by atoms with Crippen LogP contribution in [0, 0.1) is 11.6 Å². The number of carbonyl (C=O) groups excluding carboxylic acids is 1. The summed E-state index contributed by atoms with van der Waals surface area (Å²) in [6, 6.07) is 12.4. The van der Waals surface area contributed by atoms with E-state index in [2.05, 4.69) is 20.4 Å². The second kappa shape index (κ2) is 8.68. The van der Waals surface area contributed by atoms with Gasteiger partial charge in [-0.25, -0.2) is 18.6 Å². The van der Waals surface area contributed by atoms with E-state index in [0.29, 0.717) is 22.1 Å². The summed E-state index contributed by atoms with van der Waals surface area (Å²) in [6.45, 7) is -0.00104. The van der Waals surface area contributed by atoms with Gasteiger partial charge in [0.1, 0.15) is 36.0 Å². The lowest BCUT2D eigenvalue weighted by molar-refractivity contribution is 0.114. The number of rotatable bonds is 5. The number of ether oxygens (including phenoxy) is 1. The Hall–Kier alpha value is -4.38. The predicted molar refractivity (Wildman–Crippen MR) is 125 cm³/mol. The molecular weight excluding hydrogens is 492 g/mol. The highest BCUT2D eigenvalue weighted by Gasteiger charge is 2.44. The van der Waals surface area contributed by atoms with Gasteiger partial charge >= 0.3 is 6.09 Å². The van der Waals surface area contributed by atoms with Crippen molar-refractivity contribution >= 4 is 29.0 Å². The summed E-state index contributed by atoms with van der Waals surface area (Å²) in [5.74, 6) is -1.18. The van der Waals surface area contributed by atoms with E-state index in [-0.39, 0.29) is 12.1 Å². The zero-order valence-corrected chi connectivity index (χ0v) is 19.1. The van der Waals surface area contributed by atoms with Crippen molar-refractivity contribution in [1.29, 1.82) is 0 Å². The molecule has 2 atom stereocenters. The van der Waals surface area contributed by atoms with Crippen molar-refractivity contribution in [2.45, 2.75) is 18.7 Å². The van der Waals surface area contributed by atoms with Gasteiger partial charge in [0, 0.05) is 40.9 Å². The molecule has 0 saturated carbocycles. The van der Waals surface area contributed by atoms with Crippen molar-refractivity contribution in [3.8, 4) is 11.4 Å². The summed E-state index contributed by atoms with van der Waals surface area (Å²) in [6.07, 6.45) is 3.75. The molecule has 1 saturated heterocycles. The molecule has 2 aromatic carbocycles. The fourth-order valence-electron chi connectivity index (χ4n) is 4.29. The molecule has 1 aliphatic rings. The second-order valence-corrected chi connectivity index (χ2v) is 8.63. The van der Waals surface area contributed by atoms with E-state index in [0.717, 1.165) is 11.7 Å². The molecule has 0 bridgehead atoms. The molecule has 0 N–H and O–H groups in total. The van der Waals surface area contributed by atoms with Crippen LogP contribution in [0.2, 0.25) is 5.02 Å². The van der Waals surface area contributed by atoms with E-state index in [1.165, 1.54) is 21.8 Å². The zero-order chi connectivity index (χ0) is 24.8. The number of amides is 1. The number of hydrogen-bond donors (Lipinski definition) is 0. The van der Waals surface area contributed by atoms with Gasteiger partial charge in [0.05, 0.1) is 0 Å². The summed E-state index contributed by atoms with van der Waals surface area (Å²) in [5, 5.41) is 13.1. The Kier molecular flexibility index (Phi) is 5.33. The molecule has 0 unspecified atom stereocenters. The maximum absolute atomic E-state index is 14.1. The Morgan fingerprint density at radius 3 is 2.58 bits per heavy atom. The maximum atomic E-state index is 14.1. The smallest absolute Gasteiger partial charge is 0.415 e. The van der Waals surface area contributed by atoms with Crippen LogP contribution in [0.3, 0.4) is 0 Å². The Morgan fingerprint density at radius 2 is 1.81 bits per heavy atom. The van der Waals surface area contributed by atoms with Crippen LogP contribution in [-0.2, 0) is 11.3 Å². The summed E-state index contributed by atoms with van der Waals surface area (Å²) < 4.78 is 35.8. The van der Waals surface area contributed by atoms with Crippen LogP contribution in [0.15, 0.2) is 73.2 Å². The first-order valence-electron chi connectivity index (χ1n) is 10.9. The minimum Gasteiger partial charge on any atom is -0.441 e.